The predicted octanol–water partition coefficient (Wildman–Crippen LogP) is 2.94. The van der Waals surface area contributed by atoms with Gasteiger partial charge in [-0.25, -0.2) is 0 Å². The van der Waals surface area contributed by atoms with Crippen LogP contribution in [0.25, 0.3) is 0 Å². The second-order valence-corrected chi connectivity index (χ2v) is 13.9. The average molecular weight is 249 g/mol. The van der Waals surface area contributed by atoms with Crippen molar-refractivity contribution in [1.29, 1.82) is 0 Å². The molecule has 0 bridgehead atoms. The molecular weight excluding hydrogens is 222 g/mol. The first kappa shape index (κ1) is 15.5. The second-order valence-electron chi connectivity index (χ2n) is 6.59. The molecule has 0 rings (SSSR count). The molecule has 2 nitrogen and oxygen atoms in total. The highest BCUT2D eigenvalue weighted by atomic mass is 32.2. The largest absolute Gasteiger partial charge is 0.598 e. The lowest BCUT2D eigenvalue weighted by atomic mass is 10.2. The van der Waals surface area contributed by atoms with Gasteiger partial charge >= 0.3 is 0 Å². The number of hydrogen-bond donors (Lipinski definition) is 1. The number of rotatable bonds is 4. The van der Waals surface area contributed by atoms with E-state index in [2.05, 4.69) is 38.2 Å². The van der Waals surface area contributed by atoms with Crippen molar-refractivity contribution in [3.8, 4) is 0 Å². The van der Waals surface area contributed by atoms with Gasteiger partial charge in [0.15, 0.2) is 0 Å². The van der Waals surface area contributed by atoms with Crippen molar-refractivity contribution in [1.82, 2.24) is 4.72 Å². The monoisotopic (exact) mass is 249 g/mol. The zero-order valence-corrected chi connectivity index (χ0v) is 13.3. The maximum atomic E-state index is 12.0. The fraction of sp³-hybridized carbons (Fsp3) is 1.00. The molecule has 0 aromatic heterocycles. The minimum absolute atomic E-state index is 0.174. The van der Waals surface area contributed by atoms with Crippen LogP contribution in [0.3, 0.4) is 0 Å². The summed E-state index contributed by atoms with van der Waals surface area (Å²) < 4.78 is 15.2. The van der Waals surface area contributed by atoms with Gasteiger partial charge in [0.25, 0.3) is 0 Å². The van der Waals surface area contributed by atoms with E-state index in [0.717, 1.165) is 0 Å². The lowest BCUT2D eigenvalue weighted by molar-refractivity contribution is 0.505. The van der Waals surface area contributed by atoms with Crippen LogP contribution < -0.4 is 4.72 Å². The molecule has 0 fully saturated rings. The number of hydrogen-bond acceptors (Lipinski definition) is 2. The summed E-state index contributed by atoms with van der Waals surface area (Å²) in [5.74, 6) is 0.544. The van der Waals surface area contributed by atoms with Crippen molar-refractivity contribution in [3.63, 3.8) is 0 Å². The van der Waals surface area contributed by atoms with Gasteiger partial charge in [0, 0.05) is 17.0 Å². The van der Waals surface area contributed by atoms with E-state index in [1.807, 2.05) is 20.8 Å². The zero-order chi connectivity index (χ0) is 12.4. The van der Waals surface area contributed by atoms with Gasteiger partial charge in [0.05, 0.1) is 8.07 Å². The van der Waals surface area contributed by atoms with Crippen LogP contribution in [-0.2, 0) is 11.4 Å². The van der Waals surface area contributed by atoms with Crippen LogP contribution in [0.4, 0.5) is 0 Å². The normalized spacial score (nSPS) is 18.0. The molecule has 1 unspecified atom stereocenters. The van der Waals surface area contributed by atoms with Crippen LogP contribution in [-0.4, -0.2) is 23.0 Å². The minimum Gasteiger partial charge on any atom is -0.598 e. The van der Waals surface area contributed by atoms with Gasteiger partial charge in [-0.2, -0.15) is 0 Å². The molecule has 0 aliphatic rings. The van der Waals surface area contributed by atoms with Gasteiger partial charge in [0.1, 0.15) is 4.75 Å². The Balaban J connectivity index is 4.58. The molecule has 0 aromatic rings. The Labute approximate surface area is 99.5 Å². The Morgan fingerprint density at radius 3 is 1.73 bits per heavy atom. The van der Waals surface area contributed by atoms with E-state index in [9.17, 15) is 4.55 Å². The Bertz CT molecular complexity index is 196. The molecule has 1 N–H and O–H groups in total. The van der Waals surface area contributed by atoms with E-state index >= 15 is 0 Å². The maximum absolute atomic E-state index is 12.0. The van der Waals surface area contributed by atoms with Crippen molar-refractivity contribution in [2.75, 3.05) is 0 Å². The third-order valence-corrected chi connectivity index (χ3v) is 6.86. The second kappa shape index (κ2) is 5.21. The Morgan fingerprint density at radius 1 is 1.13 bits per heavy atom. The van der Waals surface area contributed by atoms with Gasteiger partial charge in [-0.15, -0.1) is 4.72 Å². The summed E-state index contributed by atoms with van der Waals surface area (Å²) in [6.45, 7) is 17.4. The Kier molecular flexibility index (Phi) is 5.38. The molecule has 15 heavy (non-hydrogen) atoms. The quantitative estimate of drug-likeness (QED) is 0.614. The fourth-order valence-electron chi connectivity index (χ4n) is 1.60. The molecule has 0 saturated heterocycles. The van der Waals surface area contributed by atoms with Crippen molar-refractivity contribution >= 4 is 19.4 Å². The van der Waals surface area contributed by atoms with E-state index in [1.165, 1.54) is 0 Å². The van der Waals surface area contributed by atoms with Crippen molar-refractivity contribution in [2.45, 2.75) is 64.7 Å². The molecule has 0 heterocycles. The van der Waals surface area contributed by atoms with Crippen LogP contribution in [0.5, 0.6) is 0 Å². The highest BCUT2D eigenvalue weighted by molar-refractivity contribution is 7.90. The first-order chi connectivity index (χ1) is 6.46. The average Bonchev–Trinajstić information content (AvgIpc) is 1.94. The van der Waals surface area contributed by atoms with Crippen LogP contribution in [0.1, 0.15) is 34.6 Å². The first-order valence-corrected chi connectivity index (χ1v) is 10.4. The van der Waals surface area contributed by atoms with Gasteiger partial charge < -0.3 is 4.55 Å². The standard InChI is InChI=1S/C11H27NOSSi/c1-9(2)10(15(6,7)8)12-14(13)11(3,4)5/h9-10,12H,1-8H3/t10-,14?/m1/s1. The fourth-order valence-corrected chi connectivity index (χ4v) is 6.20. The minimum atomic E-state index is -1.30. The van der Waals surface area contributed by atoms with Gasteiger partial charge in [0.2, 0.25) is 0 Å². The SMILES string of the molecule is CC(C)[C@H](N[S+]([O-])C(C)(C)C)[Si](C)(C)C. The molecule has 92 valence electrons. The van der Waals surface area contributed by atoms with Crippen LogP contribution in [0, 0.1) is 5.92 Å². The molecule has 0 saturated carbocycles. The van der Waals surface area contributed by atoms with Crippen molar-refractivity contribution in [2.24, 2.45) is 5.92 Å². The summed E-state index contributed by atoms with van der Waals surface area (Å²) in [6, 6.07) is 0. The molecule has 0 aliphatic heterocycles. The predicted molar refractivity (Wildman–Crippen MR) is 73.0 cm³/mol. The molecule has 2 atom stereocenters. The highest BCUT2D eigenvalue weighted by Crippen LogP contribution is 2.21. The Morgan fingerprint density at radius 2 is 1.53 bits per heavy atom. The third kappa shape index (κ3) is 5.38. The molecule has 0 amide bonds. The molecule has 4 heteroatoms. The molecule has 0 aromatic carbocycles. The summed E-state index contributed by atoms with van der Waals surface area (Å²) in [5, 5.41) is 0. The summed E-state index contributed by atoms with van der Waals surface area (Å²) in [5.41, 5.74) is 0.414. The van der Waals surface area contributed by atoms with Gasteiger partial charge in [-0.1, -0.05) is 33.5 Å². The van der Waals surface area contributed by atoms with Gasteiger partial charge in [-0.3, -0.25) is 0 Å². The highest BCUT2D eigenvalue weighted by Gasteiger charge is 2.36. The van der Waals surface area contributed by atoms with Crippen LogP contribution in [0.2, 0.25) is 19.6 Å². The van der Waals surface area contributed by atoms with E-state index in [-0.39, 0.29) is 4.75 Å². The third-order valence-electron chi connectivity index (χ3n) is 2.39. The van der Waals surface area contributed by atoms with Crippen molar-refractivity contribution in [3.05, 3.63) is 0 Å². The van der Waals surface area contributed by atoms with Crippen LogP contribution in [0.15, 0.2) is 0 Å². The molecule has 0 aliphatic carbocycles. The summed E-state index contributed by atoms with van der Waals surface area (Å²) in [7, 11) is -1.30. The Hall–Kier alpha value is 0.487. The smallest absolute Gasteiger partial charge is 0.136 e. The topological polar surface area (TPSA) is 35.1 Å². The first-order valence-electron chi connectivity index (χ1n) is 5.64. The lowest BCUT2D eigenvalue weighted by Gasteiger charge is -2.35. The van der Waals surface area contributed by atoms with E-state index < -0.39 is 19.4 Å². The lowest BCUT2D eigenvalue weighted by Crippen LogP contribution is -2.56. The summed E-state index contributed by atoms with van der Waals surface area (Å²) in [4.78, 5) is 0. The summed E-state index contributed by atoms with van der Waals surface area (Å²) in [6.07, 6.45) is 0. The number of nitrogens with one attached hydrogen (secondary N) is 1. The maximum Gasteiger partial charge on any atom is 0.136 e. The van der Waals surface area contributed by atoms with Gasteiger partial charge in [-0.05, 0) is 26.7 Å². The van der Waals surface area contributed by atoms with E-state index in [4.69, 9.17) is 0 Å². The van der Waals surface area contributed by atoms with Crippen molar-refractivity contribution < 1.29 is 4.55 Å². The zero-order valence-electron chi connectivity index (χ0n) is 11.5. The van der Waals surface area contributed by atoms with E-state index in [1.54, 1.807) is 0 Å². The molecular formula is C11H27NOSSi. The van der Waals surface area contributed by atoms with E-state index in [0.29, 0.717) is 11.6 Å². The molecule has 0 radical (unpaired) electrons. The molecule has 0 spiro atoms. The summed E-state index contributed by atoms with van der Waals surface area (Å²) >= 11 is -0.950. The van der Waals surface area contributed by atoms with Crippen LogP contribution >= 0.6 is 0 Å².